The molecule has 3 aromatic rings. The van der Waals surface area contributed by atoms with Crippen LogP contribution in [0.5, 0.6) is 0 Å². The molecule has 6 heteroatoms. The lowest BCUT2D eigenvalue weighted by Gasteiger charge is -2.32. The number of nitrogens with one attached hydrogen (secondary N) is 1. The van der Waals surface area contributed by atoms with E-state index < -0.39 is 0 Å². The number of rotatable bonds is 4. The Balaban J connectivity index is 1.38. The van der Waals surface area contributed by atoms with Gasteiger partial charge in [0.15, 0.2) is 0 Å². The van der Waals surface area contributed by atoms with E-state index in [4.69, 9.17) is 4.98 Å². The first-order valence-electron chi connectivity index (χ1n) is 11.7. The lowest BCUT2D eigenvalue weighted by molar-refractivity contribution is 0.353. The Kier molecular flexibility index (Phi) is 5.62. The summed E-state index contributed by atoms with van der Waals surface area (Å²) in [6.07, 6.45) is 10.0. The fourth-order valence-corrected chi connectivity index (χ4v) is 4.94. The molecule has 0 spiro atoms. The van der Waals surface area contributed by atoms with Gasteiger partial charge in [-0.15, -0.1) is 0 Å². The highest BCUT2D eigenvalue weighted by molar-refractivity contribution is 5.76. The van der Waals surface area contributed by atoms with Crippen molar-refractivity contribution in [3.8, 4) is 0 Å². The van der Waals surface area contributed by atoms with Crippen LogP contribution in [0, 0.1) is 5.92 Å². The quantitative estimate of drug-likeness (QED) is 0.626. The van der Waals surface area contributed by atoms with Crippen LogP contribution < -0.4 is 15.8 Å². The van der Waals surface area contributed by atoms with Crippen molar-refractivity contribution < 1.29 is 0 Å². The van der Waals surface area contributed by atoms with E-state index in [9.17, 15) is 4.79 Å². The number of piperidine rings is 1. The number of anilines is 3. The predicted octanol–water partition coefficient (Wildman–Crippen LogP) is 5.28. The van der Waals surface area contributed by atoms with Gasteiger partial charge in [0.05, 0.1) is 0 Å². The molecular formula is C25H31N5O. The second-order valence-corrected chi connectivity index (χ2v) is 9.15. The van der Waals surface area contributed by atoms with Crippen LogP contribution in [-0.4, -0.2) is 27.6 Å². The van der Waals surface area contributed by atoms with Gasteiger partial charge in [0, 0.05) is 48.2 Å². The van der Waals surface area contributed by atoms with Gasteiger partial charge in [0.2, 0.25) is 5.95 Å². The second-order valence-electron chi connectivity index (χ2n) is 9.15. The summed E-state index contributed by atoms with van der Waals surface area (Å²) in [6, 6.07) is 12.2. The van der Waals surface area contributed by atoms with Gasteiger partial charge < -0.3 is 10.2 Å². The minimum absolute atomic E-state index is 0.0317. The molecule has 1 saturated heterocycles. The third kappa shape index (κ3) is 4.29. The monoisotopic (exact) mass is 417 g/mol. The molecule has 5 rings (SSSR count). The summed E-state index contributed by atoms with van der Waals surface area (Å²) < 4.78 is 1.89. The molecule has 2 fully saturated rings. The molecule has 1 aliphatic heterocycles. The fraction of sp³-hybridized carbons (Fsp3) is 0.480. The van der Waals surface area contributed by atoms with Gasteiger partial charge in [0.25, 0.3) is 5.56 Å². The summed E-state index contributed by atoms with van der Waals surface area (Å²) in [5.74, 6) is 1.36. The maximum absolute atomic E-state index is 12.7. The molecular weight excluding hydrogens is 386 g/mol. The molecule has 2 aromatic heterocycles. The zero-order chi connectivity index (χ0) is 21.2. The van der Waals surface area contributed by atoms with Crippen molar-refractivity contribution in [2.45, 2.75) is 57.9 Å². The van der Waals surface area contributed by atoms with Crippen molar-refractivity contribution in [3.05, 3.63) is 52.9 Å². The maximum Gasteiger partial charge on any atom is 0.252 e. The SMILES string of the molecule is CC1CCN(c2ccc(Nc3ncc4ccc(=O)n(C5CCCCC5)c4n3)cc2)CC1. The van der Waals surface area contributed by atoms with Gasteiger partial charge in [-0.3, -0.25) is 9.36 Å². The van der Waals surface area contributed by atoms with Crippen LogP contribution in [0.25, 0.3) is 11.0 Å². The first kappa shape index (κ1) is 20.0. The normalized spacial score (nSPS) is 18.4. The van der Waals surface area contributed by atoms with E-state index in [0.717, 1.165) is 48.6 Å². The standard InChI is InChI=1S/C25H31N5O/c1-18-13-15-29(16-14-18)21-10-8-20(9-11-21)27-25-26-17-19-7-12-23(31)30(24(19)28-25)22-5-3-2-4-6-22/h7-12,17-18,22H,2-6,13-16H2,1H3,(H,26,27,28). The van der Waals surface area contributed by atoms with Crippen molar-refractivity contribution >= 4 is 28.4 Å². The lowest BCUT2D eigenvalue weighted by atomic mass is 9.95. The molecule has 0 unspecified atom stereocenters. The number of nitrogens with zero attached hydrogens (tertiary/aromatic N) is 4. The van der Waals surface area contributed by atoms with Crippen molar-refractivity contribution in [2.24, 2.45) is 5.92 Å². The van der Waals surface area contributed by atoms with E-state index in [1.807, 2.05) is 16.8 Å². The number of fused-ring (bicyclic) bond motifs is 1. The summed E-state index contributed by atoms with van der Waals surface area (Å²) >= 11 is 0. The van der Waals surface area contributed by atoms with E-state index in [2.05, 4.69) is 46.4 Å². The molecule has 1 aliphatic carbocycles. The summed E-state index contributed by atoms with van der Waals surface area (Å²) in [5.41, 5.74) is 2.99. The molecule has 2 aliphatic rings. The minimum atomic E-state index is 0.0317. The van der Waals surface area contributed by atoms with E-state index >= 15 is 0 Å². The van der Waals surface area contributed by atoms with Gasteiger partial charge in [-0.25, -0.2) is 4.98 Å². The summed E-state index contributed by atoms with van der Waals surface area (Å²) in [4.78, 5) is 24.4. The molecule has 1 saturated carbocycles. The molecule has 1 N–H and O–H groups in total. The number of benzene rings is 1. The number of pyridine rings is 1. The van der Waals surface area contributed by atoms with Crippen LogP contribution in [-0.2, 0) is 0 Å². The Morgan fingerprint density at radius 2 is 1.68 bits per heavy atom. The Morgan fingerprint density at radius 1 is 0.935 bits per heavy atom. The van der Waals surface area contributed by atoms with Gasteiger partial charge >= 0.3 is 0 Å². The van der Waals surface area contributed by atoms with Crippen LogP contribution in [0.2, 0.25) is 0 Å². The molecule has 6 nitrogen and oxygen atoms in total. The molecule has 162 valence electrons. The Bertz CT molecular complexity index is 1090. The number of aromatic nitrogens is 3. The molecule has 1 aromatic carbocycles. The fourth-order valence-electron chi connectivity index (χ4n) is 4.94. The highest BCUT2D eigenvalue weighted by Gasteiger charge is 2.19. The average molecular weight is 418 g/mol. The molecule has 31 heavy (non-hydrogen) atoms. The topological polar surface area (TPSA) is 63.1 Å². The van der Waals surface area contributed by atoms with Crippen molar-refractivity contribution in [1.82, 2.24) is 14.5 Å². The Labute approximate surface area is 183 Å². The van der Waals surface area contributed by atoms with Gasteiger partial charge in [0.1, 0.15) is 5.65 Å². The maximum atomic E-state index is 12.7. The van der Waals surface area contributed by atoms with Crippen LogP contribution in [0.15, 0.2) is 47.4 Å². The van der Waals surface area contributed by atoms with E-state index in [-0.39, 0.29) is 11.6 Å². The molecule has 0 bridgehead atoms. The Morgan fingerprint density at radius 3 is 2.42 bits per heavy atom. The number of hydrogen-bond donors (Lipinski definition) is 1. The smallest absolute Gasteiger partial charge is 0.252 e. The van der Waals surface area contributed by atoms with E-state index in [1.165, 1.54) is 37.8 Å². The largest absolute Gasteiger partial charge is 0.372 e. The third-order valence-corrected chi connectivity index (χ3v) is 6.88. The van der Waals surface area contributed by atoms with E-state index in [0.29, 0.717) is 5.95 Å². The van der Waals surface area contributed by atoms with E-state index in [1.54, 1.807) is 6.07 Å². The van der Waals surface area contributed by atoms with Crippen LogP contribution in [0.4, 0.5) is 17.3 Å². The number of hydrogen-bond acceptors (Lipinski definition) is 5. The van der Waals surface area contributed by atoms with Crippen LogP contribution in [0.1, 0.15) is 57.9 Å². The van der Waals surface area contributed by atoms with Gasteiger partial charge in [-0.1, -0.05) is 26.2 Å². The average Bonchev–Trinajstić information content (AvgIpc) is 2.81. The first-order valence-corrected chi connectivity index (χ1v) is 11.7. The zero-order valence-corrected chi connectivity index (χ0v) is 18.3. The highest BCUT2D eigenvalue weighted by Crippen LogP contribution is 2.29. The third-order valence-electron chi connectivity index (χ3n) is 6.88. The molecule has 0 atom stereocenters. The van der Waals surface area contributed by atoms with Crippen LogP contribution in [0.3, 0.4) is 0 Å². The highest BCUT2D eigenvalue weighted by atomic mass is 16.1. The van der Waals surface area contributed by atoms with Crippen molar-refractivity contribution in [2.75, 3.05) is 23.3 Å². The van der Waals surface area contributed by atoms with Crippen molar-refractivity contribution in [1.29, 1.82) is 0 Å². The van der Waals surface area contributed by atoms with Crippen LogP contribution >= 0.6 is 0 Å². The van der Waals surface area contributed by atoms with Crippen molar-refractivity contribution in [3.63, 3.8) is 0 Å². The molecule has 3 heterocycles. The zero-order valence-electron chi connectivity index (χ0n) is 18.3. The first-order chi connectivity index (χ1) is 15.2. The summed E-state index contributed by atoms with van der Waals surface area (Å²) in [6.45, 7) is 4.59. The summed E-state index contributed by atoms with van der Waals surface area (Å²) in [5, 5.41) is 4.23. The predicted molar refractivity (Wildman–Crippen MR) is 126 cm³/mol. The van der Waals surface area contributed by atoms with Gasteiger partial charge in [-0.2, -0.15) is 4.98 Å². The molecule has 0 radical (unpaired) electrons. The summed E-state index contributed by atoms with van der Waals surface area (Å²) in [7, 11) is 0. The molecule has 0 amide bonds. The lowest BCUT2D eigenvalue weighted by Crippen LogP contribution is -2.32. The van der Waals surface area contributed by atoms with Gasteiger partial charge in [-0.05, 0) is 61.9 Å². The second kappa shape index (κ2) is 8.69. The Hall–Kier alpha value is -2.89. The minimum Gasteiger partial charge on any atom is -0.372 e.